The first-order chi connectivity index (χ1) is 12.5. The SMILES string of the molecule is Cc1cc(C(=O)Nc2nc(-c3ccc4c(c3)OCO4)cs2)nn1C(C)C. The molecule has 1 aromatic carbocycles. The van der Waals surface area contributed by atoms with Crippen LogP contribution < -0.4 is 14.8 Å². The van der Waals surface area contributed by atoms with Crippen LogP contribution in [0.15, 0.2) is 29.6 Å². The van der Waals surface area contributed by atoms with Crippen LogP contribution in [0.5, 0.6) is 11.5 Å². The summed E-state index contributed by atoms with van der Waals surface area (Å²) in [5, 5.41) is 9.60. The summed E-state index contributed by atoms with van der Waals surface area (Å²) in [5.41, 5.74) is 3.01. The minimum Gasteiger partial charge on any atom is -0.454 e. The molecule has 1 aliphatic rings. The van der Waals surface area contributed by atoms with E-state index in [1.165, 1.54) is 11.3 Å². The van der Waals surface area contributed by atoms with E-state index in [1.54, 1.807) is 6.07 Å². The molecule has 1 amide bonds. The van der Waals surface area contributed by atoms with Crippen LogP contribution in [0, 0.1) is 6.92 Å². The zero-order valence-corrected chi connectivity index (χ0v) is 15.5. The lowest BCUT2D eigenvalue weighted by molar-refractivity contribution is 0.102. The number of benzene rings is 1. The van der Waals surface area contributed by atoms with Crippen LogP contribution in [-0.2, 0) is 0 Å². The second-order valence-electron chi connectivity index (χ2n) is 6.27. The molecule has 0 fully saturated rings. The van der Waals surface area contributed by atoms with Crippen molar-refractivity contribution in [1.29, 1.82) is 0 Å². The summed E-state index contributed by atoms with van der Waals surface area (Å²) in [4.78, 5) is 16.9. The number of nitrogens with one attached hydrogen (secondary N) is 1. The summed E-state index contributed by atoms with van der Waals surface area (Å²) in [5.74, 6) is 1.17. The number of hydrogen-bond acceptors (Lipinski definition) is 6. The second-order valence-corrected chi connectivity index (χ2v) is 7.13. The number of hydrogen-bond donors (Lipinski definition) is 1. The first-order valence-electron chi connectivity index (χ1n) is 8.24. The summed E-state index contributed by atoms with van der Waals surface area (Å²) in [6, 6.07) is 7.64. The van der Waals surface area contributed by atoms with Crippen molar-refractivity contribution >= 4 is 22.4 Å². The van der Waals surface area contributed by atoms with E-state index in [0.717, 1.165) is 22.7 Å². The number of aromatic nitrogens is 3. The summed E-state index contributed by atoms with van der Waals surface area (Å²) in [6.07, 6.45) is 0. The van der Waals surface area contributed by atoms with E-state index < -0.39 is 0 Å². The van der Waals surface area contributed by atoms with Crippen molar-refractivity contribution in [3.8, 4) is 22.8 Å². The van der Waals surface area contributed by atoms with Gasteiger partial charge in [0.15, 0.2) is 22.3 Å². The highest BCUT2D eigenvalue weighted by Gasteiger charge is 2.17. The van der Waals surface area contributed by atoms with Crippen LogP contribution in [0.25, 0.3) is 11.3 Å². The zero-order valence-electron chi connectivity index (χ0n) is 14.6. The van der Waals surface area contributed by atoms with Crippen LogP contribution in [0.2, 0.25) is 0 Å². The first kappa shape index (κ1) is 16.6. The molecule has 134 valence electrons. The maximum Gasteiger partial charge on any atom is 0.277 e. The number of carbonyl (C=O) groups excluding carboxylic acids is 1. The lowest BCUT2D eigenvalue weighted by Crippen LogP contribution is -2.13. The van der Waals surface area contributed by atoms with Gasteiger partial charge in [-0.25, -0.2) is 4.98 Å². The molecule has 0 saturated heterocycles. The summed E-state index contributed by atoms with van der Waals surface area (Å²) in [7, 11) is 0. The highest BCUT2D eigenvalue weighted by atomic mass is 32.1. The van der Waals surface area contributed by atoms with Gasteiger partial charge in [0, 0.05) is 22.7 Å². The fourth-order valence-corrected chi connectivity index (χ4v) is 3.52. The van der Waals surface area contributed by atoms with Crippen molar-refractivity contribution in [2.24, 2.45) is 0 Å². The van der Waals surface area contributed by atoms with Crippen molar-refractivity contribution in [1.82, 2.24) is 14.8 Å². The van der Waals surface area contributed by atoms with Gasteiger partial charge in [0.25, 0.3) is 5.91 Å². The molecule has 0 saturated carbocycles. The van der Waals surface area contributed by atoms with Crippen molar-refractivity contribution in [3.63, 3.8) is 0 Å². The molecule has 4 rings (SSSR count). The Morgan fingerprint density at radius 3 is 2.85 bits per heavy atom. The number of thiazole rings is 1. The van der Waals surface area contributed by atoms with E-state index in [1.807, 2.05) is 49.0 Å². The fourth-order valence-electron chi connectivity index (χ4n) is 2.80. The Bertz CT molecular complexity index is 977. The molecule has 26 heavy (non-hydrogen) atoms. The number of amides is 1. The van der Waals surface area contributed by atoms with E-state index in [2.05, 4.69) is 15.4 Å². The largest absolute Gasteiger partial charge is 0.454 e. The second kappa shape index (κ2) is 6.45. The maximum atomic E-state index is 12.4. The molecule has 1 N–H and O–H groups in total. The predicted molar refractivity (Wildman–Crippen MR) is 99.0 cm³/mol. The fraction of sp³-hybridized carbons (Fsp3) is 0.278. The van der Waals surface area contributed by atoms with Crippen LogP contribution >= 0.6 is 11.3 Å². The lowest BCUT2D eigenvalue weighted by atomic mass is 10.1. The Labute approximate surface area is 154 Å². The van der Waals surface area contributed by atoms with Gasteiger partial charge >= 0.3 is 0 Å². The van der Waals surface area contributed by atoms with Crippen LogP contribution in [0.1, 0.15) is 36.1 Å². The average Bonchev–Trinajstić information content (AvgIpc) is 3.32. The Hall–Kier alpha value is -2.87. The smallest absolute Gasteiger partial charge is 0.277 e. The number of anilines is 1. The van der Waals surface area contributed by atoms with Gasteiger partial charge in [0.2, 0.25) is 6.79 Å². The van der Waals surface area contributed by atoms with Gasteiger partial charge in [-0.15, -0.1) is 11.3 Å². The number of ether oxygens (including phenoxy) is 2. The van der Waals surface area contributed by atoms with E-state index in [0.29, 0.717) is 16.6 Å². The van der Waals surface area contributed by atoms with Crippen LogP contribution in [-0.4, -0.2) is 27.5 Å². The molecule has 0 radical (unpaired) electrons. The predicted octanol–water partition coefficient (Wildman–Crippen LogP) is 3.88. The average molecular weight is 370 g/mol. The standard InChI is InChI=1S/C18H18N4O3S/c1-10(2)22-11(3)6-13(21-22)17(23)20-18-19-14(8-26-18)12-4-5-15-16(7-12)25-9-24-15/h4-8,10H,9H2,1-3H3,(H,19,20,23). The number of aryl methyl sites for hydroxylation is 1. The number of nitrogens with zero attached hydrogens (tertiary/aromatic N) is 3. The Morgan fingerprint density at radius 2 is 2.08 bits per heavy atom. The van der Waals surface area contributed by atoms with Gasteiger partial charge in [-0.2, -0.15) is 5.10 Å². The minimum atomic E-state index is -0.265. The molecule has 2 aromatic heterocycles. The Balaban J connectivity index is 1.51. The van der Waals surface area contributed by atoms with E-state index in [-0.39, 0.29) is 18.7 Å². The molecule has 0 atom stereocenters. The van der Waals surface area contributed by atoms with Crippen LogP contribution in [0.3, 0.4) is 0 Å². The van der Waals surface area contributed by atoms with Gasteiger partial charge in [-0.1, -0.05) is 0 Å². The Morgan fingerprint density at radius 1 is 1.27 bits per heavy atom. The first-order valence-corrected chi connectivity index (χ1v) is 9.12. The third kappa shape index (κ3) is 3.03. The maximum absolute atomic E-state index is 12.4. The molecule has 8 heteroatoms. The molecule has 1 aliphatic heterocycles. The lowest BCUT2D eigenvalue weighted by Gasteiger charge is -2.06. The Kier molecular flexibility index (Phi) is 4.12. The molecular weight excluding hydrogens is 352 g/mol. The molecule has 0 unspecified atom stereocenters. The van der Waals surface area contributed by atoms with Crippen molar-refractivity contribution in [2.45, 2.75) is 26.8 Å². The number of rotatable bonds is 4. The number of fused-ring (bicyclic) bond motifs is 1. The van der Waals surface area contributed by atoms with E-state index >= 15 is 0 Å². The molecule has 3 aromatic rings. The summed E-state index contributed by atoms with van der Waals surface area (Å²) < 4.78 is 12.5. The quantitative estimate of drug-likeness (QED) is 0.754. The van der Waals surface area contributed by atoms with Gasteiger partial charge in [0.05, 0.1) is 5.69 Å². The molecule has 3 heterocycles. The zero-order chi connectivity index (χ0) is 18.3. The third-order valence-electron chi connectivity index (χ3n) is 4.04. The van der Waals surface area contributed by atoms with Gasteiger partial charge in [-0.05, 0) is 45.0 Å². The highest BCUT2D eigenvalue weighted by molar-refractivity contribution is 7.14. The molecule has 0 bridgehead atoms. The van der Waals surface area contributed by atoms with E-state index in [4.69, 9.17) is 9.47 Å². The van der Waals surface area contributed by atoms with Crippen molar-refractivity contribution in [2.75, 3.05) is 12.1 Å². The summed E-state index contributed by atoms with van der Waals surface area (Å²) in [6.45, 7) is 6.23. The molecular formula is C18H18N4O3S. The van der Waals surface area contributed by atoms with Crippen LogP contribution in [0.4, 0.5) is 5.13 Å². The van der Waals surface area contributed by atoms with Crippen molar-refractivity contribution in [3.05, 3.63) is 41.0 Å². The molecule has 7 nitrogen and oxygen atoms in total. The van der Waals surface area contributed by atoms with E-state index in [9.17, 15) is 4.79 Å². The normalized spacial score (nSPS) is 12.6. The monoisotopic (exact) mass is 370 g/mol. The van der Waals surface area contributed by atoms with Crippen molar-refractivity contribution < 1.29 is 14.3 Å². The minimum absolute atomic E-state index is 0.203. The molecule has 0 spiro atoms. The number of carbonyl (C=O) groups is 1. The topological polar surface area (TPSA) is 78.3 Å². The van der Waals surface area contributed by atoms with Gasteiger partial charge in [0.1, 0.15) is 0 Å². The highest BCUT2D eigenvalue weighted by Crippen LogP contribution is 2.36. The van der Waals surface area contributed by atoms with Gasteiger partial charge in [-0.3, -0.25) is 14.8 Å². The summed E-state index contributed by atoms with van der Waals surface area (Å²) >= 11 is 1.37. The third-order valence-corrected chi connectivity index (χ3v) is 4.79. The van der Waals surface area contributed by atoms with Gasteiger partial charge < -0.3 is 9.47 Å². The molecule has 0 aliphatic carbocycles.